The molecule has 0 saturated carbocycles. The number of hydrogen-bond acceptors (Lipinski definition) is 7. The first-order valence-electron chi connectivity index (χ1n) is 11.3. The molecule has 0 aromatic heterocycles. The zero-order valence-electron chi connectivity index (χ0n) is 19.8. The van der Waals surface area contributed by atoms with Crippen LogP contribution in [0.2, 0.25) is 0 Å². The van der Waals surface area contributed by atoms with Gasteiger partial charge in [0.15, 0.2) is 11.5 Å². The van der Waals surface area contributed by atoms with E-state index in [1.165, 1.54) is 11.1 Å². The predicted octanol–water partition coefficient (Wildman–Crippen LogP) is 1.43. The van der Waals surface area contributed by atoms with E-state index >= 15 is 0 Å². The fraction of sp³-hybridized carbons (Fsp3) is 0.652. The molecule has 9 heteroatoms. The first kappa shape index (κ1) is 24.1. The summed E-state index contributed by atoms with van der Waals surface area (Å²) in [5, 5.41) is 0. The summed E-state index contributed by atoms with van der Waals surface area (Å²) in [4.78, 5) is 32.8. The van der Waals surface area contributed by atoms with Crippen LogP contribution < -0.4 is 9.47 Å². The molecule has 1 aromatic carbocycles. The summed E-state index contributed by atoms with van der Waals surface area (Å²) in [5.41, 5.74) is 2.38. The third kappa shape index (κ3) is 6.04. The second-order valence-corrected chi connectivity index (χ2v) is 8.25. The maximum atomic E-state index is 12.8. The molecule has 1 aromatic rings. The first-order chi connectivity index (χ1) is 15.4. The van der Waals surface area contributed by atoms with Crippen LogP contribution in [0.5, 0.6) is 11.5 Å². The molecule has 2 saturated heterocycles. The molecule has 2 fully saturated rings. The normalized spacial score (nSPS) is 17.9. The van der Waals surface area contributed by atoms with E-state index in [-0.39, 0.29) is 12.0 Å². The molecule has 2 aliphatic rings. The molecule has 178 valence electrons. The van der Waals surface area contributed by atoms with Gasteiger partial charge in [-0.1, -0.05) is 0 Å². The number of piperazine rings is 2. The van der Waals surface area contributed by atoms with Gasteiger partial charge in [-0.3, -0.25) is 14.6 Å². The molecular weight excluding hydrogens is 412 g/mol. The summed E-state index contributed by atoms with van der Waals surface area (Å²) >= 11 is 0. The van der Waals surface area contributed by atoms with Crippen LogP contribution in [0.25, 0.3) is 0 Å². The van der Waals surface area contributed by atoms with E-state index in [1.807, 2.05) is 24.0 Å². The number of carbonyl (C=O) groups is 2. The molecule has 0 unspecified atom stereocenters. The monoisotopic (exact) mass is 448 g/mol. The van der Waals surface area contributed by atoms with Crippen LogP contribution in [0.1, 0.15) is 18.1 Å². The van der Waals surface area contributed by atoms with E-state index in [0.29, 0.717) is 39.3 Å². The summed E-state index contributed by atoms with van der Waals surface area (Å²) in [6.07, 6.45) is -0.265. The molecule has 3 rings (SSSR count). The van der Waals surface area contributed by atoms with Crippen LogP contribution in [0, 0.1) is 6.92 Å². The van der Waals surface area contributed by atoms with Crippen molar-refractivity contribution in [2.24, 2.45) is 0 Å². The van der Waals surface area contributed by atoms with Gasteiger partial charge in [0.1, 0.15) is 0 Å². The topological polar surface area (TPSA) is 74.8 Å². The fourth-order valence-corrected chi connectivity index (χ4v) is 4.18. The minimum absolute atomic E-state index is 0.163. The van der Waals surface area contributed by atoms with Crippen LogP contribution in [-0.4, -0.2) is 111 Å². The fourth-order valence-electron chi connectivity index (χ4n) is 4.18. The molecule has 0 atom stereocenters. The second kappa shape index (κ2) is 11.4. The highest BCUT2D eigenvalue weighted by atomic mass is 16.6. The summed E-state index contributed by atoms with van der Waals surface area (Å²) < 4.78 is 15.9. The van der Waals surface area contributed by atoms with Gasteiger partial charge in [-0.2, -0.15) is 0 Å². The highest BCUT2D eigenvalue weighted by Crippen LogP contribution is 2.31. The molecule has 0 radical (unpaired) electrons. The van der Waals surface area contributed by atoms with Gasteiger partial charge in [-0.25, -0.2) is 4.79 Å². The van der Waals surface area contributed by atoms with Crippen molar-refractivity contribution in [3.05, 3.63) is 23.3 Å². The third-order valence-corrected chi connectivity index (χ3v) is 6.22. The molecule has 2 aliphatic heterocycles. The van der Waals surface area contributed by atoms with Crippen LogP contribution in [0.4, 0.5) is 4.79 Å². The van der Waals surface area contributed by atoms with Crippen molar-refractivity contribution in [2.75, 3.05) is 79.7 Å². The molecule has 2 amide bonds. The molecule has 0 spiro atoms. The van der Waals surface area contributed by atoms with E-state index < -0.39 is 0 Å². The Bertz CT molecular complexity index is 787. The highest BCUT2D eigenvalue weighted by Gasteiger charge is 2.26. The average molecular weight is 449 g/mol. The number of methoxy groups -OCH3 is 2. The molecule has 32 heavy (non-hydrogen) atoms. The number of aryl methyl sites for hydroxylation is 1. The van der Waals surface area contributed by atoms with Gasteiger partial charge in [-0.15, -0.1) is 0 Å². The van der Waals surface area contributed by atoms with E-state index in [9.17, 15) is 9.59 Å². The average Bonchev–Trinajstić information content (AvgIpc) is 2.81. The molecule has 2 heterocycles. The quantitative estimate of drug-likeness (QED) is 0.625. The Hall–Kier alpha value is -2.52. The summed E-state index contributed by atoms with van der Waals surface area (Å²) in [7, 11) is 3.30. The van der Waals surface area contributed by atoms with Crippen LogP contribution in [0.3, 0.4) is 0 Å². The summed E-state index contributed by atoms with van der Waals surface area (Å²) in [6, 6.07) is 4.05. The van der Waals surface area contributed by atoms with Crippen molar-refractivity contribution < 1.29 is 23.8 Å². The van der Waals surface area contributed by atoms with Gasteiger partial charge in [0.25, 0.3) is 0 Å². The van der Waals surface area contributed by atoms with E-state index in [1.54, 1.807) is 19.1 Å². The number of nitrogens with zero attached hydrogens (tertiary/aromatic N) is 4. The van der Waals surface area contributed by atoms with Crippen molar-refractivity contribution >= 4 is 12.0 Å². The number of carbonyl (C=O) groups excluding carboxylic acids is 2. The van der Waals surface area contributed by atoms with E-state index in [4.69, 9.17) is 14.2 Å². The Morgan fingerprint density at radius 3 is 2.00 bits per heavy atom. The molecule has 9 nitrogen and oxygen atoms in total. The minimum Gasteiger partial charge on any atom is -0.493 e. The standard InChI is InChI=1S/C23H36N4O5/c1-5-32-23(29)27-12-8-25(9-13-27)17-22(28)26-10-6-24(7-11-26)16-19-15-21(31-4)20(30-3)14-18(19)2/h14-15H,5-13,16-17H2,1-4H3. The van der Waals surface area contributed by atoms with Gasteiger partial charge >= 0.3 is 6.09 Å². The van der Waals surface area contributed by atoms with Crippen molar-refractivity contribution in [3.63, 3.8) is 0 Å². The lowest BCUT2D eigenvalue weighted by molar-refractivity contribution is -0.134. The Morgan fingerprint density at radius 1 is 0.844 bits per heavy atom. The minimum atomic E-state index is -0.265. The number of hydrogen-bond donors (Lipinski definition) is 0. The lowest BCUT2D eigenvalue weighted by Gasteiger charge is -2.37. The summed E-state index contributed by atoms with van der Waals surface area (Å²) in [5.74, 6) is 1.65. The van der Waals surface area contributed by atoms with Crippen LogP contribution in [-0.2, 0) is 16.1 Å². The maximum Gasteiger partial charge on any atom is 0.409 e. The number of benzene rings is 1. The zero-order valence-corrected chi connectivity index (χ0v) is 19.8. The highest BCUT2D eigenvalue weighted by molar-refractivity contribution is 5.78. The van der Waals surface area contributed by atoms with Gasteiger partial charge in [-0.05, 0) is 37.1 Å². The largest absolute Gasteiger partial charge is 0.493 e. The number of rotatable bonds is 7. The lowest BCUT2D eigenvalue weighted by Crippen LogP contribution is -2.54. The van der Waals surface area contributed by atoms with Crippen molar-refractivity contribution in [1.29, 1.82) is 0 Å². The van der Waals surface area contributed by atoms with Gasteiger partial charge in [0.05, 0.1) is 27.4 Å². The van der Waals surface area contributed by atoms with E-state index in [2.05, 4.69) is 16.7 Å². The first-order valence-corrected chi connectivity index (χ1v) is 11.3. The zero-order chi connectivity index (χ0) is 23.1. The molecule has 0 bridgehead atoms. The maximum absolute atomic E-state index is 12.8. The van der Waals surface area contributed by atoms with Gasteiger partial charge in [0, 0.05) is 58.9 Å². The number of ether oxygens (including phenoxy) is 3. The van der Waals surface area contributed by atoms with Gasteiger partial charge in [0.2, 0.25) is 5.91 Å². The molecule has 0 N–H and O–H groups in total. The third-order valence-electron chi connectivity index (χ3n) is 6.22. The predicted molar refractivity (Wildman–Crippen MR) is 121 cm³/mol. The molecular formula is C23H36N4O5. The Morgan fingerprint density at radius 2 is 1.41 bits per heavy atom. The lowest BCUT2D eigenvalue weighted by atomic mass is 10.1. The SMILES string of the molecule is CCOC(=O)N1CCN(CC(=O)N2CCN(Cc3cc(OC)c(OC)cc3C)CC2)CC1. The molecule has 0 aliphatic carbocycles. The van der Waals surface area contributed by atoms with Crippen molar-refractivity contribution in [2.45, 2.75) is 20.4 Å². The van der Waals surface area contributed by atoms with E-state index in [0.717, 1.165) is 44.2 Å². The van der Waals surface area contributed by atoms with Gasteiger partial charge < -0.3 is 24.0 Å². The number of amides is 2. The smallest absolute Gasteiger partial charge is 0.409 e. The van der Waals surface area contributed by atoms with Crippen molar-refractivity contribution in [3.8, 4) is 11.5 Å². The summed E-state index contributed by atoms with van der Waals surface area (Å²) in [6.45, 7) is 11.3. The second-order valence-electron chi connectivity index (χ2n) is 8.25. The Kier molecular flexibility index (Phi) is 8.58. The van der Waals surface area contributed by atoms with Crippen LogP contribution >= 0.6 is 0 Å². The Labute approximate surface area is 190 Å². The van der Waals surface area contributed by atoms with Crippen molar-refractivity contribution in [1.82, 2.24) is 19.6 Å². The Balaban J connectivity index is 1.44. The van der Waals surface area contributed by atoms with Crippen LogP contribution in [0.15, 0.2) is 12.1 Å².